The van der Waals surface area contributed by atoms with Gasteiger partial charge in [-0.3, -0.25) is 9.80 Å². The van der Waals surface area contributed by atoms with Crippen molar-refractivity contribution in [3.8, 4) is 0 Å². The largest absolute Gasteiger partial charge is 0.314 e. The first-order valence-electron chi connectivity index (χ1n) is 11.8. The molecule has 0 aromatic carbocycles. The lowest BCUT2D eigenvalue weighted by Crippen LogP contribution is -2.51. The molecule has 2 aliphatic heterocycles. The molecule has 1 saturated carbocycles. The molecule has 3 atom stereocenters. The smallest absolute Gasteiger partial charge is 0.136 e. The molecule has 0 spiro atoms. The first-order valence-corrected chi connectivity index (χ1v) is 11.8. The van der Waals surface area contributed by atoms with E-state index in [2.05, 4.69) is 46.0 Å². The van der Waals surface area contributed by atoms with E-state index in [0.29, 0.717) is 18.0 Å². The Kier molecular flexibility index (Phi) is 8.77. The number of piperazine rings is 2. The molecule has 3 heterocycles. The summed E-state index contributed by atoms with van der Waals surface area (Å²) in [5.41, 5.74) is 0. The fourth-order valence-corrected chi connectivity index (χ4v) is 5.03. The Bertz CT molecular complexity index is 589. The highest BCUT2D eigenvalue weighted by atomic mass is 15.2. The Morgan fingerprint density at radius 1 is 0.833 bits per heavy atom. The van der Waals surface area contributed by atoms with Crippen LogP contribution >= 0.6 is 0 Å². The van der Waals surface area contributed by atoms with Gasteiger partial charge in [-0.15, -0.1) is 0 Å². The molecule has 30 heavy (non-hydrogen) atoms. The lowest BCUT2D eigenvalue weighted by atomic mass is 9.81. The molecule has 1 aliphatic carbocycles. The highest BCUT2D eigenvalue weighted by Crippen LogP contribution is 2.31. The Morgan fingerprint density at radius 3 is 2.07 bits per heavy atom. The van der Waals surface area contributed by atoms with Crippen LogP contribution in [0.4, 0.5) is 0 Å². The molecule has 9 heteroatoms. The van der Waals surface area contributed by atoms with Crippen molar-refractivity contribution in [1.29, 1.82) is 0 Å². The average Bonchev–Trinajstić information content (AvgIpc) is 2.81. The van der Waals surface area contributed by atoms with Crippen molar-refractivity contribution < 1.29 is 0 Å². The summed E-state index contributed by atoms with van der Waals surface area (Å²) in [6.07, 6.45) is 6.73. The molecule has 4 rings (SSSR count). The molecule has 9 nitrogen and oxygen atoms in total. The summed E-state index contributed by atoms with van der Waals surface area (Å²) in [5, 5.41) is 14.6. The number of hydrogen-bond donors (Lipinski definition) is 4. The lowest BCUT2D eigenvalue weighted by Gasteiger charge is -2.37. The lowest BCUT2D eigenvalue weighted by molar-refractivity contribution is 0.211. The van der Waals surface area contributed by atoms with Gasteiger partial charge in [-0.1, -0.05) is 0 Å². The Labute approximate surface area is 180 Å². The van der Waals surface area contributed by atoms with Crippen molar-refractivity contribution in [1.82, 2.24) is 46.0 Å². The topological polar surface area (TPSA) is 93.3 Å². The van der Waals surface area contributed by atoms with E-state index in [1.165, 1.54) is 19.5 Å². The van der Waals surface area contributed by atoms with E-state index in [1.54, 1.807) is 12.7 Å². The summed E-state index contributed by atoms with van der Waals surface area (Å²) in [6, 6.07) is 0.989. The first kappa shape index (κ1) is 22.0. The zero-order chi connectivity index (χ0) is 20.4. The third-order valence-electron chi connectivity index (χ3n) is 6.81. The van der Waals surface area contributed by atoms with E-state index in [9.17, 15) is 0 Å². The summed E-state index contributed by atoms with van der Waals surface area (Å²) in [5.74, 6) is 1.33. The van der Waals surface area contributed by atoms with E-state index in [0.717, 1.165) is 84.1 Å². The van der Waals surface area contributed by atoms with Gasteiger partial charge in [0.15, 0.2) is 0 Å². The van der Waals surface area contributed by atoms with Gasteiger partial charge in [0, 0.05) is 96.5 Å². The molecule has 1 aromatic heterocycles. The molecule has 3 aliphatic rings. The van der Waals surface area contributed by atoms with Crippen LogP contribution in [-0.4, -0.2) is 115 Å². The van der Waals surface area contributed by atoms with Gasteiger partial charge >= 0.3 is 0 Å². The van der Waals surface area contributed by atoms with Crippen molar-refractivity contribution in [2.24, 2.45) is 0 Å². The monoisotopic (exact) mass is 417 g/mol. The molecule has 3 unspecified atom stereocenters. The zero-order valence-corrected chi connectivity index (χ0v) is 18.2. The number of aromatic nitrogens is 3. The molecule has 0 bridgehead atoms. The quantitative estimate of drug-likeness (QED) is 0.398. The highest BCUT2D eigenvalue weighted by Gasteiger charge is 2.33. The summed E-state index contributed by atoms with van der Waals surface area (Å²) in [4.78, 5) is 18.1. The maximum Gasteiger partial charge on any atom is 0.136 e. The molecule has 1 aromatic rings. The molecule has 4 N–H and O–H groups in total. The Hall–Kier alpha value is -1.23. The Morgan fingerprint density at radius 2 is 1.43 bits per heavy atom. The minimum atomic E-state index is 0.377. The molecule has 2 saturated heterocycles. The maximum absolute atomic E-state index is 4.49. The van der Waals surface area contributed by atoms with Crippen molar-refractivity contribution >= 4 is 0 Å². The first-order chi connectivity index (χ1) is 14.9. The van der Waals surface area contributed by atoms with E-state index in [4.69, 9.17) is 0 Å². The van der Waals surface area contributed by atoms with Crippen LogP contribution < -0.4 is 21.3 Å². The second-order valence-electron chi connectivity index (χ2n) is 8.81. The van der Waals surface area contributed by atoms with Crippen LogP contribution in [0.1, 0.15) is 31.0 Å². The third-order valence-corrected chi connectivity index (χ3v) is 6.81. The zero-order valence-electron chi connectivity index (χ0n) is 18.2. The van der Waals surface area contributed by atoms with Gasteiger partial charge in [0.05, 0.1) is 0 Å². The van der Waals surface area contributed by atoms with Gasteiger partial charge in [-0.05, 0) is 19.3 Å². The van der Waals surface area contributed by atoms with Crippen molar-refractivity contribution in [3.05, 3.63) is 18.5 Å². The van der Waals surface area contributed by atoms with E-state index >= 15 is 0 Å². The van der Waals surface area contributed by atoms with Crippen LogP contribution in [0.15, 0.2) is 12.7 Å². The van der Waals surface area contributed by atoms with Crippen LogP contribution in [0.5, 0.6) is 0 Å². The Balaban J connectivity index is 1.26. The summed E-state index contributed by atoms with van der Waals surface area (Å²) < 4.78 is 0. The summed E-state index contributed by atoms with van der Waals surface area (Å²) >= 11 is 0. The number of nitrogens with one attached hydrogen (secondary N) is 4. The third kappa shape index (κ3) is 6.63. The number of nitrogens with zero attached hydrogens (tertiary/aromatic N) is 5. The molecule has 0 amide bonds. The van der Waals surface area contributed by atoms with Crippen LogP contribution in [0.2, 0.25) is 0 Å². The highest BCUT2D eigenvalue weighted by molar-refractivity contribution is 5.04. The summed E-state index contributed by atoms with van der Waals surface area (Å²) in [7, 11) is 0. The van der Waals surface area contributed by atoms with Gasteiger partial charge in [-0.25, -0.2) is 15.0 Å². The van der Waals surface area contributed by atoms with Crippen LogP contribution in [0.25, 0.3) is 0 Å². The molecular formula is C21H39N9. The van der Waals surface area contributed by atoms with Crippen LogP contribution in [0, 0.1) is 0 Å². The molecular weight excluding hydrogens is 378 g/mol. The van der Waals surface area contributed by atoms with E-state index in [1.807, 2.05) is 0 Å². The fraction of sp³-hybridized carbons (Fsp3) is 0.857. The SMILES string of the molecule is c1ncnc(C2CCC(NCCN3CCNCC3)CC2NCCN2CCNCC2)n1. The van der Waals surface area contributed by atoms with Gasteiger partial charge in [0.25, 0.3) is 0 Å². The van der Waals surface area contributed by atoms with Crippen molar-refractivity contribution in [3.63, 3.8) is 0 Å². The number of hydrogen-bond acceptors (Lipinski definition) is 9. The minimum absolute atomic E-state index is 0.377. The van der Waals surface area contributed by atoms with Crippen molar-refractivity contribution in [2.45, 2.75) is 37.3 Å². The minimum Gasteiger partial charge on any atom is -0.314 e. The van der Waals surface area contributed by atoms with Gasteiger partial charge in [-0.2, -0.15) is 0 Å². The van der Waals surface area contributed by atoms with Crippen LogP contribution in [0.3, 0.4) is 0 Å². The predicted molar refractivity (Wildman–Crippen MR) is 119 cm³/mol. The van der Waals surface area contributed by atoms with E-state index in [-0.39, 0.29) is 0 Å². The average molecular weight is 418 g/mol. The van der Waals surface area contributed by atoms with Crippen LogP contribution in [-0.2, 0) is 0 Å². The summed E-state index contributed by atoms with van der Waals surface area (Å²) in [6.45, 7) is 13.5. The normalized spacial score (nSPS) is 29.1. The van der Waals surface area contributed by atoms with E-state index < -0.39 is 0 Å². The molecule has 168 valence electrons. The van der Waals surface area contributed by atoms with Gasteiger partial charge in [0.1, 0.15) is 18.5 Å². The predicted octanol–water partition coefficient (Wildman–Crippen LogP) is -1.13. The second kappa shape index (κ2) is 12.0. The molecule has 3 fully saturated rings. The fourth-order valence-electron chi connectivity index (χ4n) is 5.03. The van der Waals surface area contributed by atoms with Gasteiger partial charge < -0.3 is 21.3 Å². The molecule has 0 radical (unpaired) electrons. The number of rotatable bonds is 9. The van der Waals surface area contributed by atoms with Crippen molar-refractivity contribution in [2.75, 3.05) is 78.5 Å². The van der Waals surface area contributed by atoms with Gasteiger partial charge in [0.2, 0.25) is 0 Å². The second-order valence-corrected chi connectivity index (χ2v) is 8.81. The standard InChI is InChI=1S/C21H39N9/c1-2-19(21-27-16-24-17-28-21)20(26-8-14-30-11-5-23-6-12-30)15-18(1)25-7-13-29-9-3-22-4-10-29/h16-20,22-23,25-26H,1-15H2. The maximum atomic E-state index is 4.49.